The van der Waals surface area contributed by atoms with Gasteiger partial charge in [0, 0.05) is 28.3 Å². The maximum absolute atomic E-state index is 14.9. The molecule has 0 bridgehead atoms. The number of benzene rings is 4. The van der Waals surface area contributed by atoms with Crippen LogP contribution in [0, 0.1) is 12.3 Å². The third kappa shape index (κ3) is 3.65. The molecular formula is C37H31NO6. The predicted molar refractivity (Wildman–Crippen MR) is 167 cm³/mol. The Morgan fingerprint density at radius 2 is 1.39 bits per heavy atom. The molecule has 2 aliphatic heterocycles. The van der Waals surface area contributed by atoms with Crippen LogP contribution < -0.4 is 19.1 Å². The number of hydrogen-bond acceptors (Lipinski definition) is 7. The summed E-state index contributed by atoms with van der Waals surface area (Å²) in [5, 5.41) is 0. The summed E-state index contributed by atoms with van der Waals surface area (Å²) >= 11 is 0. The first-order valence-electron chi connectivity index (χ1n) is 14.5. The first-order valence-corrected chi connectivity index (χ1v) is 14.5. The molecule has 1 aliphatic carbocycles. The Kier molecular flexibility index (Phi) is 6.43. The van der Waals surface area contributed by atoms with E-state index in [0.717, 1.165) is 16.8 Å². The van der Waals surface area contributed by atoms with E-state index in [1.807, 2.05) is 60.4 Å². The summed E-state index contributed by atoms with van der Waals surface area (Å²) in [6.45, 7) is 1.99. The van der Waals surface area contributed by atoms with Crippen LogP contribution in [0.5, 0.6) is 17.2 Å². The largest absolute Gasteiger partial charge is 0.493 e. The van der Waals surface area contributed by atoms with E-state index in [1.165, 1.54) is 21.3 Å². The number of Topliss-reactive ketones (excluding diaryl/α,β-unsaturated/α-hetero) is 3. The number of carbonyl (C=O) groups is 3. The van der Waals surface area contributed by atoms with Crippen LogP contribution >= 0.6 is 0 Å². The fourth-order valence-electron chi connectivity index (χ4n) is 7.50. The van der Waals surface area contributed by atoms with Crippen LogP contribution in [0.4, 0.5) is 5.69 Å². The fraction of sp³-hybridized carbons (Fsp3) is 0.216. The topological polar surface area (TPSA) is 82.1 Å². The minimum Gasteiger partial charge on any atom is -0.493 e. The van der Waals surface area contributed by atoms with Crippen molar-refractivity contribution in [1.82, 2.24) is 0 Å². The summed E-state index contributed by atoms with van der Waals surface area (Å²) in [6.07, 6.45) is 3.88. The number of fused-ring (bicyclic) bond motifs is 5. The van der Waals surface area contributed by atoms with E-state index in [2.05, 4.69) is 0 Å². The minimum absolute atomic E-state index is 0.189. The molecule has 3 atom stereocenters. The Morgan fingerprint density at radius 3 is 1.98 bits per heavy atom. The van der Waals surface area contributed by atoms with Crippen LogP contribution in [0.3, 0.4) is 0 Å². The van der Waals surface area contributed by atoms with E-state index < -0.39 is 23.4 Å². The molecule has 7 heteroatoms. The SMILES string of the molecule is COc1cc([C@H]2[C@H](C(=O)c3ccccc3)N3c4cc(C)ccc4C=CC3C23C(=O)c2ccccc2C3=O)cc(OC)c1OC. The van der Waals surface area contributed by atoms with Crippen molar-refractivity contribution in [1.29, 1.82) is 0 Å². The lowest BCUT2D eigenvalue weighted by atomic mass is 9.64. The highest BCUT2D eigenvalue weighted by molar-refractivity contribution is 6.32. The second kappa shape index (κ2) is 10.2. The van der Waals surface area contributed by atoms with Gasteiger partial charge >= 0.3 is 0 Å². The number of ether oxygens (including phenoxy) is 3. The van der Waals surface area contributed by atoms with Gasteiger partial charge in [-0.05, 0) is 41.8 Å². The molecule has 220 valence electrons. The molecule has 3 aliphatic rings. The first-order chi connectivity index (χ1) is 21.4. The van der Waals surface area contributed by atoms with Crippen molar-refractivity contribution in [2.24, 2.45) is 5.41 Å². The third-order valence-electron chi connectivity index (χ3n) is 9.34. The van der Waals surface area contributed by atoms with Gasteiger partial charge in [0.05, 0.1) is 27.4 Å². The van der Waals surface area contributed by atoms with Gasteiger partial charge < -0.3 is 19.1 Å². The van der Waals surface area contributed by atoms with Crippen molar-refractivity contribution in [3.63, 3.8) is 0 Å². The standard InChI is InChI=1S/C37H31NO6/c1-21-14-15-22-16-17-30-37(35(40)25-12-8-9-13-26(25)36(37)41)31(24-19-28(42-2)34(44-4)29(20-24)43-3)32(38(30)27(22)18-21)33(39)23-10-6-5-7-11-23/h5-20,30-32H,1-4H3/t30?,31-,32+/m0/s1. The molecule has 0 N–H and O–H groups in total. The molecule has 1 saturated heterocycles. The Morgan fingerprint density at radius 1 is 0.773 bits per heavy atom. The van der Waals surface area contributed by atoms with Crippen molar-refractivity contribution in [3.05, 3.63) is 124 Å². The van der Waals surface area contributed by atoms with E-state index in [-0.39, 0.29) is 17.3 Å². The number of nitrogens with zero attached hydrogens (tertiary/aromatic N) is 1. The monoisotopic (exact) mass is 585 g/mol. The quantitative estimate of drug-likeness (QED) is 0.193. The second-order valence-corrected chi connectivity index (χ2v) is 11.5. The molecule has 44 heavy (non-hydrogen) atoms. The maximum atomic E-state index is 14.9. The predicted octanol–water partition coefficient (Wildman–Crippen LogP) is 6.34. The summed E-state index contributed by atoms with van der Waals surface area (Å²) in [5.74, 6) is -0.567. The molecule has 0 amide bonds. The number of aryl methyl sites for hydroxylation is 1. The van der Waals surface area contributed by atoms with Gasteiger partial charge in [0.1, 0.15) is 11.5 Å². The number of carbonyl (C=O) groups excluding carboxylic acids is 3. The lowest BCUT2D eigenvalue weighted by Crippen LogP contribution is -2.48. The van der Waals surface area contributed by atoms with Crippen molar-refractivity contribution >= 4 is 29.1 Å². The zero-order valence-corrected chi connectivity index (χ0v) is 24.9. The van der Waals surface area contributed by atoms with Gasteiger partial charge in [-0.2, -0.15) is 0 Å². The van der Waals surface area contributed by atoms with E-state index in [1.54, 1.807) is 48.5 Å². The van der Waals surface area contributed by atoms with Crippen LogP contribution in [0.15, 0.2) is 91.0 Å². The van der Waals surface area contributed by atoms with E-state index in [9.17, 15) is 14.4 Å². The fourth-order valence-corrected chi connectivity index (χ4v) is 7.50. The summed E-state index contributed by atoms with van der Waals surface area (Å²) in [4.78, 5) is 46.7. The third-order valence-corrected chi connectivity index (χ3v) is 9.34. The van der Waals surface area contributed by atoms with Crippen molar-refractivity contribution in [2.75, 3.05) is 26.2 Å². The Balaban J connectivity index is 1.59. The summed E-state index contributed by atoms with van der Waals surface area (Å²) in [7, 11) is 4.56. The van der Waals surface area contributed by atoms with Crippen molar-refractivity contribution < 1.29 is 28.6 Å². The summed E-state index contributed by atoms with van der Waals surface area (Å²) < 4.78 is 17.1. The second-order valence-electron chi connectivity index (χ2n) is 11.5. The Labute approximate surface area is 255 Å². The smallest absolute Gasteiger partial charge is 0.203 e. The normalized spacial score (nSPS) is 20.7. The zero-order valence-electron chi connectivity index (χ0n) is 24.9. The molecule has 4 aromatic carbocycles. The number of anilines is 1. The van der Waals surface area contributed by atoms with Gasteiger partial charge in [0.2, 0.25) is 5.75 Å². The highest BCUT2D eigenvalue weighted by atomic mass is 16.5. The van der Waals surface area contributed by atoms with E-state index >= 15 is 0 Å². The number of hydrogen-bond donors (Lipinski definition) is 0. The highest BCUT2D eigenvalue weighted by Gasteiger charge is 2.71. The van der Waals surface area contributed by atoms with Gasteiger partial charge in [-0.1, -0.05) is 78.9 Å². The lowest BCUT2D eigenvalue weighted by molar-refractivity contribution is 0.0665. The lowest BCUT2D eigenvalue weighted by Gasteiger charge is -2.37. The summed E-state index contributed by atoms with van der Waals surface area (Å²) in [5.41, 5.74) is 2.87. The van der Waals surface area contributed by atoms with Crippen LogP contribution in [0.25, 0.3) is 6.08 Å². The van der Waals surface area contributed by atoms with E-state index in [4.69, 9.17) is 14.2 Å². The molecule has 1 unspecified atom stereocenters. The van der Waals surface area contributed by atoms with Gasteiger partial charge in [-0.3, -0.25) is 14.4 Å². The van der Waals surface area contributed by atoms with Crippen molar-refractivity contribution in [3.8, 4) is 17.2 Å². The van der Waals surface area contributed by atoms with Gasteiger partial charge in [0.15, 0.2) is 28.8 Å². The zero-order chi connectivity index (χ0) is 30.7. The Bertz CT molecular complexity index is 1820. The average Bonchev–Trinajstić information content (AvgIpc) is 3.50. The first kappa shape index (κ1) is 27.7. The highest BCUT2D eigenvalue weighted by Crippen LogP contribution is 2.62. The van der Waals surface area contributed by atoms with Gasteiger partial charge in [-0.15, -0.1) is 0 Å². The van der Waals surface area contributed by atoms with E-state index in [0.29, 0.717) is 39.5 Å². The van der Waals surface area contributed by atoms with Gasteiger partial charge in [-0.25, -0.2) is 0 Å². The number of methoxy groups -OCH3 is 3. The molecule has 7 nitrogen and oxygen atoms in total. The van der Waals surface area contributed by atoms with Gasteiger partial charge in [0.25, 0.3) is 0 Å². The average molecular weight is 586 g/mol. The van der Waals surface area contributed by atoms with Crippen LogP contribution in [0.1, 0.15) is 53.7 Å². The van der Waals surface area contributed by atoms with Crippen LogP contribution in [0.2, 0.25) is 0 Å². The molecule has 1 fully saturated rings. The minimum atomic E-state index is -1.64. The van der Waals surface area contributed by atoms with Crippen molar-refractivity contribution in [2.45, 2.75) is 24.9 Å². The number of rotatable bonds is 6. The molecule has 7 rings (SSSR count). The molecule has 2 heterocycles. The molecule has 4 aromatic rings. The molecule has 0 aromatic heterocycles. The molecule has 0 radical (unpaired) electrons. The maximum Gasteiger partial charge on any atom is 0.203 e. The molecule has 1 spiro atoms. The summed E-state index contributed by atoms with van der Waals surface area (Å²) in [6, 6.07) is 23.9. The van der Waals surface area contributed by atoms with Crippen LogP contribution in [-0.4, -0.2) is 50.8 Å². The molecular weight excluding hydrogens is 554 g/mol. The number of ketones is 3. The Hall–Kier alpha value is -5.17. The molecule has 0 saturated carbocycles. The van der Waals surface area contributed by atoms with Crippen LogP contribution in [-0.2, 0) is 0 Å².